The highest BCUT2D eigenvalue weighted by atomic mass is 16.2. The lowest BCUT2D eigenvalue weighted by molar-refractivity contribution is -0.134. The number of nitrogens with one attached hydrogen (secondary N) is 2. The van der Waals surface area contributed by atoms with Crippen LogP contribution in [0.15, 0.2) is 24.3 Å². The molecule has 0 spiro atoms. The van der Waals surface area contributed by atoms with Crippen molar-refractivity contribution in [1.29, 1.82) is 0 Å². The predicted octanol–water partition coefficient (Wildman–Crippen LogP) is 1.35. The Bertz CT molecular complexity index is 681. The number of benzene rings is 1. The quantitative estimate of drug-likeness (QED) is 0.654. The Labute approximate surface area is 159 Å². The Morgan fingerprint density at radius 1 is 1.15 bits per heavy atom. The maximum absolute atomic E-state index is 12.1. The Kier molecular flexibility index (Phi) is 6.45. The molecule has 2 aliphatic heterocycles. The van der Waals surface area contributed by atoms with E-state index in [0.29, 0.717) is 31.7 Å². The molecule has 3 amide bonds. The number of amides is 3. The Morgan fingerprint density at radius 3 is 2.48 bits per heavy atom. The molecule has 1 aromatic carbocycles. The van der Waals surface area contributed by atoms with Crippen LogP contribution in [0.3, 0.4) is 0 Å². The minimum atomic E-state index is -0.365. The molecule has 0 aliphatic carbocycles. The van der Waals surface area contributed by atoms with E-state index in [1.165, 1.54) is 5.56 Å². The van der Waals surface area contributed by atoms with Crippen LogP contribution in [0.2, 0.25) is 0 Å². The summed E-state index contributed by atoms with van der Waals surface area (Å²) in [6, 6.07) is 7.78. The van der Waals surface area contributed by atoms with E-state index in [4.69, 9.17) is 5.73 Å². The zero-order chi connectivity index (χ0) is 19.2. The van der Waals surface area contributed by atoms with Gasteiger partial charge in [-0.3, -0.25) is 19.7 Å². The monoisotopic (exact) mass is 372 g/mol. The number of imide groups is 1. The van der Waals surface area contributed by atoms with Gasteiger partial charge in [0.25, 0.3) is 0 Å². The Morgan fingerprint density at radius 2 is 1.85 bits per heavy atom. The van der Waals surface area contributed by atoms with Crippen LogP contribution in [0, 0.1) is 0 Å². The molecular weight excluding hydrogens is 344 g/mol. The average Bonchev–Trinajstić information content (AvgIpc) is 2.69. The third-order valence-electron chi connectivity index (χ3n) is 5.40. The molecule has 1 atom stereocenters. The summed E-state index contributed by atoms with van der Waals surface area (Å²) in [6.45, 7) is 2.15. The SMILES string of the molecule is NCCCC(=O)N1CCC(c2ccc(NC3CCC(=O)NC3=O)cc2)CC1. The number of carbonyl (C=O) groups is 3. The molecule has 7 heteroatoms. The van der Waals surface area contributed by atoms with Crippen LogP contribution in [-0.4, -0.2) is 48.3 Å². The topological polar surface area (TPSA) is 105 Å². The third kappa shape index (κ3) is 5.07. The molecule has 27 heavy (non-hydrogen) atoms. The van der Waals surface area contributed by atoms with Gasteiger partial charge in [0.1, 0.15) is 6.04 Å². The first-order valence-corrected chi connectivity index (χ1v) is 9.75. The number of nitrogens with two attached hydrogens (primary N) is 1. The van der Waals surface area contributed by atoms with E-state index >= 15 is 0 Å². The van der Waals surface area contributed by atoms with Crippen molar-refractivity contribution in [3.05, 3.63) is 29.8 Å². The summed E-state index contributed by atoms with van der Waals surface area (Å²) >= 11 is 0. The molecule has 4 N–H and O–H groups in total. The van der Waals surface area contributed by atoms with E-state index in [1.54, 1.807) is 0 Å². The molecule has 0 saturated carbocycles. The number of rotatable bonds is 6. The van der Waals surface area contributed by atoms with E-state index in [9.17, 15) is 14.4 Å². The first-order valence-electron chi connectivity index (χ1n) is 9.75. The number of piperidine rings is 2. The molecule has 0 aromatic heterocycles. The number of likely N-dealkylation sites (tertiary alicyclic amines) is 1. The second kappa shape index (κ2) is 8.99. The van der Waals surface area contributed by atoms with Crippen LogP contribution in [-0.2, 0) is 14.4 Å². The molecule has 0 radical (unpaired) electrons. The minimum Gasteiger partial charge on any atom is -0.374 e. The maximum atomic E-state index is 12.1. The van der Waals surface area contributed by atoms with E-state index in [1.807, 2.05) is 17.0 Å². The van der Waals surface area contributed by atoms with Crippen molar-refractivity contribution in [3.63, 3.8) is 0 Å². The molecule has 146 valence electrons. The lowest BCUT2D eigenvalue weighted by Gasteiger charge is -2.32. The van der Waals surface area contributed by atoms with Crippen molar-refractivity contribution >= 4 is 23.4 Å². The van der Waals surface area contributed by atoms with Crippen molar-refractivity contribution in [2.45, 2.75) is 50.5 Å². The number of nitrogens with zero attached hydrogens (tertiary/aromatic N) is 1. The highest BCUT2D eigenvalue weighted by molar-refractivity contribution is 6.01. The van der Waals surface area contributed by atoms with Gasteiger partial charge in [-0.2, -0.15) is 0 Å². The van der Waals surface area contributed by atoms with E-state index < -0.39 is 0 Å². The van der Waals surface area contributed by atoms with Gasteiger partial charge in [-0.05, 0) is 55.8 Å². The van der Waals surface area contributed by atoms with Crippen LogP contribution in [0.25, 0.3) is 0 Å². The number of anilines is 1. The summed E-state index contributed by atoms with van der Waals surface area (Å²) in [5, 5.41) is 5.55. The first-order chi connectivity index (χ1) is 13.1. The third-order valence-corrected chi connectivity index (χ3v) is 5.40. The summed E-state index contributed by atoms with van der Waals surface area (Å²) < 4.78 is 0. The highest BCUT2D eigenvalue weighted by Gasteiger charge is 2.27. The fraction of sp³-hybridized carbons (Fsp3) is 0.550. The summed E-state index contributed by atoms with van der Waals surface area (Å²) in [7, 11) is 0. The van der Waals surface area contributed by atoms with Gasteiger partial charge < -0.3 is 16.0 Å². The zero-order valence-electron chi connectivity index (χ0n) is 15.6. The largest absolute Gasteiger partial charge is 0.374 e. The van der Waals surface area contributed by atoms with Crippen molar-refractivity contribution in [3.8, 4) is 0 Å². The maximum Gasteiger partial charge on any atom is 0.249 e. The van der Waals surface area contributed by atoms with Crippen molar-refractivity contribution in [2.75, 3.05) is 25.0 Å². The van der Waals surface area contributed by atoms with Crippen LogP contribution in [0.4, 0.5) is 5.69 Å². The van der Waals surface area contributed by atoms with Gasteiger partial charge in [-0.1, -0.05) is 12.1 Å². The van der Waals surface area contributed by atoms with Gasteiger partial charge in [-0.25, -0.2) is 0 Å². The van der Waals surface area contributed by atoms with Gasteiger partial charge >= 0.3 is 0 Å². The molecule has 2 fully saturated rings. The second-order valence-electron chi connectivity index (χ2n) is 7.32. The smallest absolute Gasteiger partial charge is 0.249 e. The van der Waals surface area contributed by atoms with Gasteiger partial charge in [0.05, 0.1) is 0 Å². The van der Waals surface area contributed by atoms with E-state index in [2.05, 4.69) is 22.8 Å². The van der Waals surface area contributed by atoms with Crippen molar-refractivity contribution < 1.29 is 14.4 Å². The minimum absolute atomic E-state index is 0.207. The molecular formula is C20H28N4O3. The molecule has 2 saturated heterocycles. The number of hydrogen-bond acceptors (Lipinski definition) is 5. The molecule has 3 rings (SSSR count). The summed E-state index contributed by atoms with van der Waals surface area (Å²) in [6.07, 6.45) is 4.11. The first kappa shape index (κ1) is 19.4. The van der Waals surface area contributed by atoms with Crippen LogP contribution >= 0.6 is 0 Å². The van der Waals surface area contributed by atoms with Gasteiger partial charge in [0, 0.05) is 31.6 Å². The summed E-state index contributed by atoms with van der Waals surface area (Å²) in [5.41, 5.74) is 7.62. The standard InChI is InChI=1S/C20H28N4O3/c21-11-1-2-19(26)24-12-9-15(10-13-24)14-3-5-16(6-4-14)22-17-7-8-18(25)23-20(17)27/h3-6,15,17,22H,1-2,7-13,21H2,(H,23,25,27). The lowest BCUT2D eigenvalue weighted by Crippen LogP contribution is -2.47. The van der Waals surface area contributed by atoms with Crippen molar-refractivity contribution in [2.24, 2.45) is 5.73 Å². The zero-order valence-corrected chi connectivity index (χ0v) is 15.6. The predicted molar refractivity (Wildman–Crippen MR) is 103 cm³/mol. The molecule has 2 aliphatic rings. The molecule has 1 unspecified atom stereocenters. The van der Waals surface area contributed by atoms with Crippen LogP contribution in [0.5, 0.6) is 0 Å². The average molecular weight is 372 g/mol. The number of carbonyl (C=O) groups excluding carboxylic acids is 3. The van der Waals surface area contributed by atoms with E-state index in [-0.39, 0.29) is 23.8 Å². The Hall–Kier alpha value is -2.41. The number of hydrogen-bond donors (Lipinski definition) is 3. The fourth-order valence-electron chi connectivity index (χ4n) is 3.76. The van der Waals surface area contributed by atoms with Gasteiger partial charge in [0.15, 0.2) is 0 Å². The summed E-state index contributed by atoms with van der Waals surface area (Å²) in [4.78, 5) is 37.1. The molecule has 1 aromatic rings. The second-order valence-corrected chi connectivity index (χ2v) is 7.32. The van der Waals surface area contributed by atoms with E-state index in [0.717, 1.165) is 38.0 Å². The van der Waals surface area contributed by atoms with Crippen LogP contribution < -0.4 is 16.4 Å². The lowest BCUT2D eigenvalue weighted by atomic mass is 9.89. The molecule has 2 heterocycles. The highest BCUT2D eigenvalue weighted by Crippen LogP contribution is 2.29. The van der Waals surface area contributed by atoms with Gasteiger partial charge in [0.2, 0.25) is 17.7 Å². The normalized spacial score (nSPS) is 21.1. The molecule has 0 bridgehead atoms. The molecule has 7 nitrogen and oxygen atoms in total. The van der Waals surface area contributed by atoms with Crippen LogP contribution in [0.1, 0.15) is 50.0 Å². The Balaban J connectivity index is 1.50. The van der Waals surface area contributed by atoms with Crippen molar-refractivity contribution in [1.82, 2.24) is 10.2 Å². The van der Waals surface area contributed by atoms with Gasteiger partial charge in [-0.15, -0.1) is 0 Å². The fourth-order valence-corrected chi connectivity index (χ4v) is 3.76. The summed E-state index contributed by atoms with van der Waals surface area (Å²) in [5.74, 6) is 0.194.